The summed E-state index contributed by atoms with van der Waals surface area (Å²) in [6.45, 7) is 6.04. The molecule has 1 aliphatic carbocycles. The van der Waals surface area contributed by atoms with Crippen LogP contribution in [0.25, 0.3) is 0 Å². The van der Waals surface area contributed by atoms with Gasteiger partial charge in [-0.2, -0.15) is 5.26 Å². The Hall–Kier alpha value is -0.600. The van der Waals surface area contributed by atoms with E-state index in [0.717, 1.165) is 25.7 Å². The Kier molecular flexibility index (Phi) is 4.56. The van der Waals surface area contributed by atoms with Crippen LogP contribution in [0.15, 0.2) is 0 Å². The van der Waals surface area contributed by atoms with Crippen LogP contribution in [0.5, 0.6) is 0 Å². The lowest BCUT2D eigenvalue weighted by Crippen LogP contribution is -2.44. The first-order valence-corrected chi connectivity index (χ1v) is 7.76. The molecule has 17 heavy (non-hydrogen) atoms. The van der Waals surface area contributed by atoms with E-state index in [1.54, 1.807) is 6.92 Å². The van der Waals surface area contributed by atoms with Gasteiger partial charge in [-0.25, -0.2) is 13.1 Å². The van der Waals surface area contributed by atoms with Gasteiger partial charge in [0.15, 0.2) is 5.25 Å². The van der Waals surface area contributed by atoms with Gasteiger partial charge in [0.1, 0.15) is 0 Å². The van der Waals surface area contributed by atoms with Crippen molar-refractivity contribution in [2.45, 2.75) is 64.2 Å². The van der Waals surface area contributed by atoms with Crippen molar-refractivity contribution in [3.8, 4) is 6.07 Å². The minimum atomic E-state index is -3.48. The average Bonchev–Trinajstić information content (AvgIpc) is 2.16. The minimum absolute atomic E-state index is 0.00819. The van der Waals surface area contributed by atoms with Crippen molar-refractivity contribution in [3.05, 3.63) is 0 Å². The van der Waals surface area contributed by atoms with E-state index in [-0.39, 0.29) is 11.5 Å². The summed E-state index contributed by atoms with van der Waals surface area (Å²) in [7, 11) is -3.48. The standard InChI is InChI=1S/C12H22N2O2S/c1-4-11(9-13)17(15,16)14-10-6-5-7-12(2,3)8-10/h10-11,14H,4-8H2,1-3H3. The van der Waals surface area contributed by atoms with Gasteiger partial charge in [0, 0.05) is 6.04 Å². The fourth-order valence-electron chi connectivity index (χ4n) is 2.49. The van der Waals surface area contributed by atoms with Gasteiger partial charge in [0.25, 0.3) is 0 Å². The molecule has 4 nitrogen and oxygen atoms in total. The SMILES string of the molecule is CCC(C#N)S(=O)(=O)NC1CCCC(C)(C)C1. The molecule has 0 radical (unpaired) electrons. The highest BCUT2D eigenvalue weighted by atomic mass is 32.2. The zero-order valence-electron chi connectivity index (χ0n) is 10.9. The van der Waals surface area contributed by atoms with Gasteiger partial charge in [0.05, 0.1) is 6.07 Å². The Morgan fingerprint density at radius 3 is 2.65 bits per heavy atom. The Balaban J connectivity index is 2.69. The summed E-state index contributed by atoms with van der Waals surface area (Å²) in [5, 5.41) is 7.90. The Morgan fingerprint density at radius 1 is 1.53 bits per heavy atom. The van der Waals surface area contributed by atoms with Gasteiger partial charge >= 0.3 is 0 Å². The van der Waals surface area contributed by atoms with Crippen molar-refractivity contribution >= 4 is 10.0 Å². The molecule has 2 atom stereocenters. The highest BCUT2D eigenvalue weighted by molar-refractivity contribution is 7.90. The molecule has 0 amide bonds. The van der Waals surface area contributed by atoms with Gasteiger partial charge in [-0.1, -0.05) is 27.2 Å². The molecule has 1 aliphatic rings. The fourth-order valence-corrected chi connectivity index (χ4v) is 3.90. The predicted molar refractivity (Wildman–Crippen MR) is 67.8 cm³/mol. The van der Waals surface area contributed by atoms with Gasteiger partial charge in [-0.05, 0) is 31.1 Å². The van der Waals surface area contributed by atoms with Crippen LogP contribution in [0.1, 0.15) is 52.9 Å². The number of hydrogen-bond donors (Lipinski definition) is 1. The third-order valence-corrected chi connectivity index (χ3v) is 5.28. The summed E-state index contributed by atoms with van der Waals surface area (Å²) < 4.78 is 26.6. The lowest BCUT2D eigenvalue weighted by Gasteiger charge is -2.35. The largest absolute Gasteiger partial charge is 0.228 e. The molecule has 1 N–H and O–H groups in total. The van der Waals surface area contributed by atoms with Crippen LogP contribution in [-0.2, 0) is 10.0 Å². The molecular weight excluding hydrogens is 236 g/mol. The van der Waals surface area contributed by atoms with Crippen molar-refractivity contribution in [1.82, 2.24) is 4.72 Å². The van der Waals surface area contributed by atoms with Crippen LogP contribution >= 0.6 is 0 Å². The maximum atomic E-state index is 11.9. The van der Waals surface area contributed by atoms with E-state index in [9.17, 15) is 8.42 Å². The summed E-state index contributed by atoms with van der Waals surface area (Å²) in [4.78, 5) is 0. The first kappa shape index (κ1) is 14.5. The number of nitrogens with zero attached hydrogens (tertiary/aromatic N) is 1. The molecule has 5 heteroatoms. The molecule has 0 bridgehead atoms. The highest BCUT2D eigenvalue weighted by Gasteiger charge is 2.32. The van der Waals surface area contributed by atoms with Gasteiger partial charge in [-0.15, -0.1) is 0 Å². The molecule has 0 aromatic rings. The average molecular weight is 258 g/mol. The molecule has 1 fully saturated rings. The Bertz CT molecular complexity index is 395. The summed E-state index contributed by atoms with van der Waals surface area (Å²) in [5.41, 5.74) is 0.194. The quantitative estimate of drug-likeness (QED) is 0.840. The first-order chi connectivity index (χ1) is 7.80. The number of sulfonamides is 1. The minimum Gasteiger partial charge on any atom is -0.211 e. The van der Waals surface area contributed by atoms with E-state index < -0.39 is 15.3 Å². The van der Waals surface area contributed by atoms with Crippen molar-refractivity contribution in [2.24, 2.45) is 5.41 Å². The number of nitrogens with one attached hydrogen (secondary N) is 1. The Morgan fingerprint density at radius 2 is 2.18 bits per heavy atom. The van der Waals surface area contributed by atoms with E-state index >= 15 is 0 Å². The van der Waals surface area contributed by atoms with E-state index in [0.29, 0.717) is 6.42 Å². The van der Waals surface area contributed by atoms with Crippen LogP contribution in [-0.4, -0.2) is 19.7 Å². The second kappa shape index (κ2) is 5.36. The zero-order valence-corrected chi connectivity index (χ0v) is 11.7. The van der Waals surface area contributed by atoms with E-state index in [2.05, 4.69) is 18.6 Å². The molecular formula is C12H22N2O2S. The van der Waals surface area contributed by atoms with Gasteiger partial charge in [0.2, 0.25) is 10.0 Å². The third-order valence-electron chi connectivity index (χ3n) is 3.43. The van der Waals surface area contributed by atoms with E-state index in [4.69, 9.17) is 5.26 Å². The lowest BCUT2D eigenvalue weighted by molar-refractivity contribution is 0.212. The molecule has 2 unspecified atom stereocenters. The van der Waals surface area contributed by atoms with Crippen LogP contribution in [0.3, 0.4) is 0 Å². The monoisotopic (exact) mass is 258 g/mol. The molecule has 98 valence electrons. The smallest absolute Gasteiger partial charge is 0.211 e. The second-order valence-electron chi connectivity index (χ2n) is 5.65. The molecule has 1 rings (SSSR count). The van der Waals surface area contributed by atoms with E-state index in [1.165, 1.54) is 0 Å². The molecule has 0 spiro atoms. The van der Waals surface area contributed by atoms with Crippen molar-refractivity contribution in [2.75, 3.05) is 0 Å². The lowest BCUT2D eigenvalue weighted by atomic mass is 9.75. The van der Waals surface area contributed by atoms with Crippen LogP contribution < -0.4 is 4.72 Å². The highest BCUT2D eigenvalue weighted by Crippen LogP contribution is 2.35. The summed E-state index contributed by atoms with van der Waals surface area (Å²) >= 11 is 0. The second-order valence-corrected chi connectivity index (χ2v) is 7.54. The van der Waals surface area contributed by atoms with Gasteiger partial charge < -0.3 is 0 Å². The van der Waals surface area contributed by atoms with Crippen molar-refractivity contribution in [3.63, 3.8) is 0 Å². The molecule has 0 aromatic heterocycles. The number of nitriles is 1. The van der Waals surface area contributed by atoms with Crippen LogP contribution in [0.4, 0.5) is 0 Å². The molecule has 0 aromatic carbocycles. The fraction of sp³-hybridized carbons (Fsp3) is 0.917. The molecule has 0 aliphatic heterocycles. The molecule has 0 heterocycles. The normalized spacial score (nSPS) is 26.1. The number of rotatable bonds is 4. The maximum Gasteiger partial charge on any atom is 0.228 e. The number of hydrogen-bond acceptors (Lipinski definition) is 3. The summed E-state index contributed by atoms with van der Waals surface area (Å²) in [6.07, 6.45) is 4.25. The van der Waals surface area contributed by atoms with Crippen LogP contribution in [0, 0.1) is 16.7 Å². The summed E-state index contributed by atoms with van der Waals surface area (Å²) in [6, 6.07) is 1.84. The van der Waals surface area contributed by atoms with Crippen molar-refractivity contribution < 1.29 is 8.42 Å². The Labute approximate surface area is 104 Å². The van der Waals surface area contributed by atoms with Crippen LogP contribution in [0.2, 0.25) is 0 Å². The third kappa shape index (κ3) is 3.97. The topological polar surface area (TPSA) is 70.0 Å². The molecule has 0 saturated heterocycles. The predicted octanol–water partition coefficient (Wildman–Crippen LogP) is 2.18. The van der Waals surface area contributed by atoms with E-state index in [1.807, 2.05) is 6.07 Å². The summed E-state index contributed by atoms with van der Waals surface area (Å²) in [5.74, 6) is 0. The first-order valence-electron chi connectivity index (χ1n) is 6.21. The zero-order chi connectivity index (χ0) is 13.1. The maximum absolute atomic E-state index is 11.9. The van der Waals surface area contributed by atoms with Crippen molar-refractivity contribution in [1.29, 1.82) is 5.26 Å². The molecule has 1 saturated carbocycles. The van der Waals surface area contributed by atoms with Gasteiger partial charge in [-0.3, -0.25) is 0 Å².